The highest BCUT2D eigenvalue weighted by Crippen LogP contribution is 2.43. The van der Waals surface area contributed by atoms with Crippen LogP contribution in [0.4, 0.5) is 0 Å². The van der Waals surface area contributed by atoms with Gasteiger partial charge >= 0.3 is 5.76 Å². The summed E-state index contributed by atoms with van der Waals surface area (Å²) >= 11 is 5.93. The van der Waals surface area contributed by atoms with Crippen molar-refractivity contribution in [2.24, 2.45) is 7.05 Å². The van der Waals surface area contributed by atoms with E-state index >= 15 is 0 Å². The number of aryl methyl sites for hydroxylation is 1. The number of nitrogens with zero attached hydrogens (tertiary/aromatic N) is 6. The fourth-order valence-corrected chi connectivity index (χ4v) is 3.94. The van der Waals surface area contributed by atoms with Crippen molar-refractivity contribution in [2.75, 3.05) is 0 Å². The fourth-order valence-electron chi connectivity index (χ4n) is 3.82. The topological polar surface area (TPSA) is 121 Å². The van der Waals surface area contributed by atoms with Gasteiger partial charge in [-0.25, -0.2) is 9.78 Å². The number of rotatable bonds is 4. The zero-order valence-electron chi connectivity index (χ0n) is 15.9. The van der Waals surface area contributed by atoms with Gasteiger partial charge in [0, 0.05) is 12.1 Å². The van der Waals surface area contributed by atoms with Crippen LogP contribution in [-0.4, -0.2) is 34.0 Å². The fraction of sp³-hybridized carbons (Fsp3) is 0.316. The highest BCUT2D eigenvalue weighted by molar-refractivity contribution is 6.30. The Hall–Kier alpha value is -3.40. The summed E-state index contributed by atoms with van der Waals surface area (Å²) < 4.78 is 9.04. The molecule has 0 unspecified atom stereocenters. The van der Waals surface area contributed by atoms with Crippen LogP contribution >= 0.6 is 11.6 Å². The van der Waals surface area contributed by atoms with Crippen molar-refractivity contribution in [3.8, 4) is 6.01 Å². The van der Waals surface area contributed by atoms with Crippen LogP contribution in [0.15, 0.2) is 44.6 Å². The van der Waals surface area contributed by atoms with Crippen LogP contribution in [0.1, 0.15) is 36.3 Å². The molecule has 3 aromatic heterocycles. The second-order valence-corrected chi connectivity index (χ2v) is 7.85. The van der Waals surface area contributed by atoms with Crippen molar-refractivity contribution in [1.82, 2.24) is 28.9 Å². The van der Waals surface area contributed by atoms with Crippen molar-refractivity contribution in [3.63, 3.8) is 0 Å². The molecule has 1 aliphatic rings. The van der Waals surface area contributed by atoms with Crippen LogP contribution in [0.25, 0.3) is 11.2 Å². The van der Waals surface area contributed by atoms with Gasteiger partial charge in [-0.3, -0.25) is 9.36 Å². The van der Waals surface area contributed by atoms with E-state index in [4.69, 9.17) is 16.0 Å². The van der Waals surface area contributed by atoms with Crippen LogP contribution in [0.2, 0.25) is 5.02 Å². The maximum atomic E-state index is 12.7. The van der Waals surface area contributed by atoms with Crippen LogP contribution < -0.4 is 11.3 Å². The quantitative estimate of drug-likeness (QED) is 0.526. The highest BCUT2D eigenvalue weighted by atomic mass is 35.5. The Morgan fingerprint density at radius 1 is 1.23 bits per heavy atom. The maximum Gasteiger partial charge on any atom is 0.437 e. The predicted molar refractivity (Wildman–Crippen MR) is 107 cm³/mol. The Morgan fingerprint density at radius 2 is 1.97 bits per heavy atom. The van der Waals surface area contributed by atoms with Gasteiger partial charge in [0.25, 0.3) is 11.6 Å². The lowest BCUT2D eigenvalue weighted by molar-refractivity contribution is 0.233. The second kappa shape index (κ2) is 6.84. The molecule has 1 aromatic carbocycles. The van der Waals surface area contributed by atoms with Gasteiger partial charge in [-0.05, 0) is 36.5 Å². The van der Waals surface area contributed by atoms with Crippen LogP contribution in [-0.2, 0) is 13.6 Å². The lowest BCUT2D eigenvalue weighted by Gasteiger charge is -2.34. The molecule has 0 spiro atoms. The van der Waals surface area contributed by atoms with Crippen molar-refractivity contribution in [2.45, 2.75) is 31.3 Å². The summed E-state index contributed by atoms with van der Waals surface area (Å²) in [6.07, 6.45) is 2.94. The Kier molecular flexibility index (Phi) is 4.24. The number of imidazole rings is 1. The lowest BCUT2D eigenvalue weighted by Crippen LogP contribution is -2.31. The van der Waals surface area contributed by atoms with Gasteiger partial charge in [-0.15, -0.1) is 5.10 Å². The number of fused-ring (bicyclic) bond motifs is 1. The van der Waals surface area contributed by atoms with E-state index in [1.165, 1.54) is 21.1 Å². The van der Waals surface area contributed by atoms with E-state index in [0.717, 1.165) is 17.4 Å². The van der Waals surface area contributed by atoms with E-state index in [2.05, 4.69) is 15.1 Å². The molecule has 11 heteroatoms. The summed E-state index contributed by atoms with van der Waals surface area (Å²) in [5.41, 5.74) is 1.05. The Bertz CT molecular complexity index is 1360. The van der Waals surface area contributed by atoms with Gasteiger partial charge in [-0.2, -0.15) is 9.67 Å². The molecule has 5 rings (SSSR count). The standard InChI is InChI=1S/C19H17ClN6O4/c1-24-9-21-16-15(24)17(27)25(18(28)22-16)8-14-23-26(19(29)30-14)13-6-11(7-13)10-2-4-12(20)5-3-10/h2-5,9,11,13H,6-8H2,1H3,(H,22,28)/t11-,13-. The first-order chi connectivity index (χ1) is 14.4. The summed E-state index contributed by atoms with van der Waals surface area (Å²) in [7, 11) is 1.66. The SMILES string of the molecule is Cn1cnc2nc(O)n(Cc3nn([C@H]4C[C@H](c5ccc(Cl)cc5)C4)c(=O)o3)c(=O)c21. The van der Waals surface area contributed by atoms with E-state index in [1.54, 1.807) is 7.05 Å². The van der Waals surface area contributed by atoms with Gasteiger partial charge in [0.15, 0.2) is 11.2 Å². The first-order valence-corrected chi connectivity index (χ1v) is 9.73. The number of halogens is 1. The number of hydrogen-bond acceptors (Lipinski definition) is 7. The summed E-state index contributed by atoms with van der Waals surface area (Å²) in [5, 5.41) is 15.0. The van der Waals surface area contributed by atoms with Crippen molar-refractivity contribution in [1.29, 1.82) is 0 Å². The number of benzene rings is 1. The molecule has 0 aliphatic heterocycles. The average Bonchev–Trinajstić information content (AvgIpc) is 3.22. The smallest absolute Gasteiger partial charge is 0.437 e. The van der Waals surface area contributed by atoms with E-state index in [1.807, 2.05) is 24.3 Å². The second-order valence-electron chi connectivity index (χ2n) is 7.41. The first-order valence-electron chi connectivity index (χ1n) is 9.35. The van der Waals surface area contributed by atoms with Gasteiger partial charge in [-0.1, -0.05) is 23.7 Å². The van der Waals surface area contributed by atoms with Gasteiger partial charge in [0.2, 0.25) is 5.89 Å². The molecule has 1 aliphatic carbocycles. The number of aromatic nitrogens is 6. The highest BCUT2D eigenvalue weighted by Gasteiger charge is 2.34. The molecular weight excluding hydrogens is 412 g/mol. The summed E-state index contributed by atoms with van der Waals surface area (Å²) in [5.74, 6) is -0.246. The monoisotopic (exact) mass is 428 g/mol. The first kappa shape index (κ1) is 18.6. The lowest BCUT2D eigenvalue weighted by atomic mass is 9.76. The molecule has 1 fully saturated rings. The third kappa shape index (κ3) is 3.00. The zero-order chi connectivity index (χ0) is 21.0. The third-order valence-corrected chi connectivity index (χ3v) is 5.77. The predicted octanol–water partition coefficient (Wildman–Crippen LogP) is 1.81. The van der Waals surface area contributed by atoms with Gasteiger partial charge < -0.3 is 14.1 Å². The zero-order valence-corrected chi connectivity index (χ0v) is 16.7. The van der Waals surface area contributed by atoms with Gasteiger partial charge in [0.1, 0.15) is 6.54 Å². The van der Waals surface area contributed by atoms with Crippen molar-refractivity contribution in [3.05, 3.63) is 68.0 Å². The molecule has 1 saturated carbocycles. The molecule has 0 saturated heterocycles. The molecule has 154 valence electrons. The normalized spacial score (nSPS) is 18.6. The number of hydrogen-bond donors (Lipinski definition) is 1. The molecular formula is C19H17ClN6O4. The van der Waals surface area contributed by atoms with Crippen LogP contribution in [0.3, 0.4) is 0 Å². The molecule has 0 radical (unpaired) electrons. The molecule has 30 heavy (non-hydrogen) atoms. The van der Waals surface area contributed by atoms with E-state index < -0.39 is 17.3 Å². The van der Waals surface area contributed by atoms with E-state index in [9.17, 15) is 14.7 Å². The summed E-state index contributed by atoms with van der Waals surface area (Å²) in [4.78, 5) is 32.9. The Labute approximate surface area is 174 Å². The summed E-state index contributed by atoms with van der Waals surface area (Å²) in [6.45, 7) is -0.214. The maximum absolute atomic E-state index is 12.7. The molecule has 10 nitrogen and oxygen atoms in total. The largest absolute Gasteiger partial charge is 0.480 e. The Balaban J connectivity index is 1.38. The van der Waals surface area contributed by atoms with Crippen molar-refractivity contribution >= 4 is 22.8 Å². The average molecular weight is 429 g/mol. The minimum Gasteiger partial charge on any atom is -0.480 e. The molecule has 0 bridgehead atoms. The number of aromatic hydroxyl groups is 1. The van der Waals surface area contributed by atoms with Crippen molar-refractivity contribution < 1.29 is 9.52 Å². The van der Waals surface area contributed by atoms with Crippen LogP contribution in [0, 0.1) is 0 Å². The molecule has 0 atom stereocenters. The Morgan fingerprint density at radius 3 is 2.70 bits per heavy atom. The molecule has 4 aromatic rings. The summed E-state index contributed by atoms with van der Waals surface area (Å²) in [6, 6.07) is 7.06. The molecule has 3 heterocycles. The third-order valence-electron chi connectivity index (χ3n) is 5.52. The molecule has 0 amide bonds. The van der Waals surface area contributed by atoms with Crippen LogP contribution in [0.5, 0.6) is 6.01 Å². The minimum absolute atomic E-state index is 0.0238. The van der Waals surface area contributed by atoms with E-state index in [-0.39, 0.29) is 29.6 Å². The van der Waals surface area contributed by atoms with Gasteiger partial charge in [0.05, 0.1) is 12.4 Å². The van der Waals surface area contributed by atoms with E-state index in [0.29, 0.717) is 10.9 Å². The molecule has 1 N–H and O–H groups in total. The minimum atomic E-state index is -0.591.